The van der Waals surface area contributed by atoms with Crippen molar-refractivity contribution in [1.82, 2.24) is 20.3 Å². The molecule has 0 saturated heterocycles. The van der Waals surface area contributed by atoms with E-state index in [2.05, 4.69) is 66.7 Å². The monoisotopic (exact) mass is 286 g/mol. The first-order chi connectivity index (χ1) is 10.2. The summed E-state index contributed by atoms with van der Waals surface area (Å²) in [6.07, 6.45) is 3.03. The number of hydrogen-bond acceptors (Lipinski definition) is 3. The lowest BCUT2D eigenvalue weighted by Gasteiger charge is -2.32. The number of aromatic nitrogens is 3. The molecule has 1 aromatic heterocycles. The van der Waals surface area contributed by atoms with Crippen molar-refractivity contribution in [3.63, 3.8) is 0 Å². The van der Waals surface area contributed by atoms with Crippen molar-refractivity contribution >= 4 is 0 Å². The zero-order valence-corrected chi connectivity index (χ0v) is 13.5. The number of aryl methyl sites for hydroxylation is 1. The van der Waals surface area contributed by atoms with Crippen LogP contribution in [-0.2, 0) is 7.05 Å². The third-order valence-corrected chi connectivity index (χ3v) is 4.29. The quantitative estimate of drug-likeness (QED) is 0.849. The summed E-state index contributed by atoms with van der Waals surface area (Å²) in [7, 11) is 1.96. The van der Waals surface area contributed by atoms with E-state index in [0.29, 0.717) is 11.8 Å². The fourth-order valence-electron chi connectivity index (χ4n) is 2.99. The molecule has 0 radical (unpaired) electrons. The molecular formula is C17H26N4. The Morgan fingerprint density at radius 3 is 2.43 bits per heavy atom. The summed E-state index contributed by atoms with van der Waals surface area (Å²) in [5, 5.41) is 11.8. The maximum Gasteiger partial charge on any atom is 0.0759 e. The van der Waals surface area contributed by atoms with Gasteiger partial charge < -0.3 is 5.32 Å². The van der Waals surface area contributed by atoms with E-state index in [1.807, 2.05) is 17.9 Å². The average molecular weight is 286 g/mol. The van der Waals surface area contributed by atoms with E-state index < -0.39 is 0 Å². The molecule has 4 heteroatoms. The highest BCUT2D eigenvalue weighted by atomic mass is 15.4. The third-order valence-electron chi connectivity index (χ3n) is 4.29. The van der Waals surface area contributed by atoms with E-state index >= 15 is 0 Å². The van der Waals surface area contributed by atoms with Crippen LogP contribution in [0.2, 0.25) is 0 Å². The average Bonchev–Trinajstić information content (AvgIpc) is 2.93. The molecule has 1 N–H and O–H groups in total. The van der Waals surface area contributed by atoms with Crippen LogP contribution in [0.4, 0.5) is 0 Å². The molecule has 0 spiro atoms. The molecule has 1 heterocycles. The molecule has 0 fully saturated rings. The number of nitrogens with one attached hydrogen (secondary N) is 1. The first kappa shape index (κ1) is 15.7. The van der Waals surface area contributed by atoms with Gasteiger partial charge in [-0.05, 0) is 18.0 Å². The predicted molar refractivity (Wildman–Crippen MR) is 86.1 cm³/mol. The fourth-order valence-corrected chi connectivity index (χ4v) is 2.99. The van der Waals surface area contributed by atoms with Crippen molar-refractivity contribution in [2.24, 2.45) is 13.0 Å². The SMILES string of the molecule is CCNC(c1cnnn1C)C(c1ccccc1)C(C)CC. The molecule has 3 atom stereocenters. The maximum absolute atomic E-state index is 4.11. The summed E-state index contributed by atoms with van der Waals surface area (Å²) in [5.74, 6) is 0.986. The van der Waals surface area contributed by atoms with Crippen molar-refractivity contribution < 1.29 is 0 Å². The smallest absolute Gasteiger partial charge is 0.0759 e. The van der Waals surface area contributed by atoms with Crippen molar-refractivity contribution in [3.8, 4) is 0 Å². The number of rotatable bonds is 7. The Morgan fingerprint density at radius 1 is 1.19 bits per heavy atom. The molecule has 0 aliphatic rings. The van der Waals surface area contributed by atoms with Gasteiger partial charge in [-0.3, -0.25) is 4.68 Å². The zero-order chi connectivity index (χ0) is 15.2. The lowest BCUT2D eigenvalue weighted by Crippen LogP contribution is -2.32. The summed E-state index contributed by atoms with van der Waals surface area (Å²) in [5.41, 5.74) is 2.52. The lowest BCUT2D eigenvalue weighted by atomic mass is 9.79. The molecule has 4 nitrogen and oxygen atoms in total. The van der Waals surface area contributed by atoms with Gasteiger partial charge in [0.1, 0.15) is 0 Å². The Labute approximate surface area is 127 Å². The van der Waals surface area contributed by atoms with Gasteiger partial charge in [0, 0.05) is 13.0 Å². The second-order valence-electron chi connectivity index (χ2n) is 5.64. The van der Waals surface area contributed by atoms with E-state index in [0.717, 1.165) is 18.7 Å². The number of benzene rings is 1. The summed E-state index contributed by atoms with van der Waals surface area (Å²) < 4.78 is 1.88. The topological polar surface area (TPSA) is 42.7 Å². The Balaban J connectivity index is 2.43. The first-order valence-electron chi connectivity index (χ1n) is 7.81. The highest BCUT2D eigenvalue weighted by Gasteiger charge is 2.30. The minimum absolute atomic E-state index is 0.229. The molecule has 1 aromatic carbocycles. The van der Waals surface area contributed by atoms with Crippen LogP contribution in [0, 0.1) is 5.92 Å². The van der Waals surface area contributed by atoms with Gasteiger partial charge >= 0.3 is 0 Å². The molecule has 114 valence electrons. The lowest BCUT2D eigenvalue weighted by molar-refractivity contribution is 0.332. The van der Waals surface area contributed by atoms with E-state index in [9.17, 15) is 0 Å². The minimum Gasteiger partial charge on any atom is -0.308 e. The van der Waals surface area contributed by atoms with E-state index in [4.69, 9.17) is 0 Å². The van der Waals surface area contributed by atoms with E-state index in [1.54, 1.807) is 0 Å². The van der Waals surface area contributed by atoms with Gasteiger partial charge in [-0.2, -0.15) is 0 Å². The van der Waals surface area contributed by atoms with Gasteiger partial charge in [0.25, 0.3) is 0 Å². The number of hydrogen-bond donors (Lipinski definition) is 1. The second-order valence-corrected chi connectivity index (χ2v) is 5.64. The molecule has 0 amide bonds. The number of nitrogens with zero attached hydrogens (tertiary/aromatic N) is 3. The molecule has 2 rings (SSSR count). The Hall–Kier alpha value is -1.68. The van der Waals surface area contributed by atoms with E-state index in [-0.39, 0.29) is 6.04 Å². The van der Waals surface area contributed by atoms with Crippen LogP contribution >= 0.6 is 0 Å². The minimum atomic E-state index is 0.229. The van der Waals surface area contributed by atoms with Crippen molar-refractivity contribution in [3.05, 3.63) is 47.8 Å². The van der Waals surface area contributed by atoms with Crippen LogP contribution in [0.15, 0.2) is 36.5 Å². The fraction of sp³-hybridized carbons (Fsp3) is 0.529. The normalized spacial score (nSPS) is 15.6. The van der Waals surface area contributed by atoms with Crippen LogP contribution in [0.3, 0.4) is 0 Å². The number of likely N-dealkylation sites (N-methyl/N-ethyl adjacent to an activating group) is 1. The summed E-state index contributed by atoms with van der Waals surface area (Å²) in [6, 6.07) is 11.0. The zero-order valence-electron chi connectivity index (χ0n) is 13.5. The predicted octanol–water partition coefficient (Wildman–Crippen LogP) is 3.30. The van der Waals surface area contributed by atoms with Gasteiger partial charge in [-0.15, -0.1) is 5.10 Å². The summed E-state index contributed by atoms with van der Waals surface area (Å²) >= 11 is 0. The van der Waals surface area contributed by atoms with Crippen LogP contribution in [0.1, 0.15) is 50.4 Å². The highest BCUT2D eigenvalue weighted by molar-refractivity contribution is 5.25. The summed E-state index contributed by atoms with van der Waals surface area (Å²) in [4.78, 5) is 0. The van der Waals surface area contributed by atoms with Crippen LogP contribution < -0.4 is 5.32 Å². The molecule has 0 saturated carbocycles. The van der Waals surface area contributed by atoms with Crippen molar-refractivity contribution in [1.29, 1.82) is 0 Å². The molecular weight excluding hydrogens is 260 g/mol. The van der Waals surface area contributed by atoms with Crippen LogP contribution in [-0.4, -0.2) is 21.5 Å². The molecule has 0 bridgehead atoms. The third kappa shape index (κ3) is 3.50. The standard InChI is InChI=1S/C17H26N4/c1-5-13(3)16(14-10-8-7-9-11-14)17(18-6-2)15-12-19-20-21(15)4/h7-13,16-18H,5-6H2,1-4H3. The van der Waals surface area contributed by atoms with Gasteiger partial charge in [-0.25, -0.2) is 0 Å². The van der Waals surface area contributed by atoms with Gasteiger partial charge in [0.2, 0.25) is 0 Å². The molecule has 2 aromatic rings. The Kier molecular flexibility index (Phi) is 5.51. The van der Waals surface area contributed by atoms with Gasteiger partial charge in [-0.1, -0.05) is 62.7 Å². The van der Waals surface area contributed by atoms with Crippen LogP contribution in [0.25, 0.3) is 0 Å². The van der Waals surface area contributed by atoms with Gasteiger partial charge in [0.15, 0.2) is 0 Å². The molecule has 21 heavy (non-hydrogen) atoms. The summed E-state index contributed by atoms with van der Waals surface area (Å²) in [6.45, 7) is 7.65. The molecule has 0 aliphatic heterocycles. The Morgan fingerprint density at radius 2 is 1.90 bits per heavy atom. The van der Waals surface area contributed by atoms with Crippen LogP contribution in [0.5, 0.6) is 0 Å². The Bertz CT molecular complexity index is 535. The molecule has 3 unspecified atom stereocenters. The van der Waals surface area contributed by atoms with E-state index in [1.165, 1.54) is 5.56 Å². The first-order valence-corrected chi connectivity index (χ1v) is 7.81. The van der Waals surface area contributed by atoms with Crippen molar-refractivity contribution in [2.45, 2.75) is 39.2 Å². The largest absolute Gasteiger partial charge is 0.308 e. The van der Waals surface area contributed by atoms with Gasteiger partial charge in [0.05, 0.1) is 17.9 Å². The maximum atomic E-state index is 4.11. The molecule has 0 aliphatic carbocycles. The highest BCUT2D eigenvalue weighted by Crippen LogP contribution is 2.37. The van der Waals surface area contributed by atoms with Crippen molar-refractivity contribution in [2.75, 3.05) is 6.54 Å². The second kappa shape index (κ2) is 7.36.